The summed E-state index contributed by atoms with van der Waals surface area (Å²) in [6.07, 6.45) is 0. The zero-order valence-corrected chi connectivity index (χ0v) is 11.3. The fraction of sp³-hybridized carbons (Fsp3) is 0.143. The second kappa shape index (κ2) is 5.34. The van der Waals surface area contributed by atoms with Crippen molar-refractivity contribution in [3.05, 3.63) is 63.2 Å². The first-order valence-corrected chi connectivity index (χ1v) is 6.26. The number of rotatable bonds is 3. The van der Waals surface area contributed by atoms with Crippen molar-refractivity contribution < 1.29 is 4.74 Å². The minimum atomic E-state index is 0.626. The van der Waals surface area contributed by atoms with Gasteiger partial charge >= 0.3 is 0 Å². The van der Waals surface area contributed by atoms with Gasteiger partial charge in [-0.05, 0) is 58.8 Å². The number of halogens is 1. The Labute approximate surface area is 110 Å². The lowest BCUT2D eigenvalue weighted by Gasteiger charge is -2.07. The molecule has 1 nitrogen and oxygen atoms in total. The van der Waals surface area contributed by atoms with Gasteiger partial charge in [-0.1, -0.05) is 30.3 Å². The molecule has 0 bridgehead atoms. The van der Waals surface area contributed by atoms with E-state index >= 15 is 0 Å². The van der Waals surface area contributed by atoms with Crippen molar-refractivity contribution in [2.75, 3.05) is 0 Å². The minimum Gasteiger partial charge on any atom is -0.489 e. The smallest absolute Gasteiger partial charge is 0.120 e. The van der Waals surface area contributed by atoms with Crippen LogP contribution in [0.3, 0.4) is 0 Å². The summed E-state index contributed by atoms with van der Waals surface area (Å²) in [5, 5.41) is 0. The highest BCUT2D eigenvalue weighted by Gasteiger charge is 1.98. The maximum atomic E-state index is 5.72. The predicted octanol–water partition coefficient (Wildman–Crippen LogP) is 4.18. The Balaban J connectivity index is 2.03. The van der Waals surface area contributed by atoms with Gasteiger partial charge in [-0.3, -0.25) is 0 Å². The maximum absolute atomic E-state index is 5.72. The van der Waals surface area contributed by atoms with Gasteiger partial charge in [-0.25, -0.2) is 0 Å². The van der Waals surface area contributed by atoms with Crippen molar-refractivity contribution >= 4 is 22.6 Å². The van der Waals surface area contributed by atoms with Gasteiger partial charge < -0.3 is 4.74 Å². The molecule has 0 fully saturated rings. The molecule has 2 rings (SSSR count). The summed E-state index contributed by atoms with van der Waals surface area (Å²) in [6, 6.07) is 16.4. The van der Waals surface area contributed by atoms with E-state index in [1.54, 1.807) is 0 Å². The Morgan fingerprint density at radius 2 is 1.81 bits per heavy atom. The molecule has 0 atom stereocenters. The summed E-state index contributed by atoms with van der Waals surface area (Å²) < 4.78 is 6.99. The van der Waals surface area contributed by atoms with E-state index in [-0.39, 0.29) is 0 Å². The van der Waals surface area contributed by atoms with Crippen LogP contribution in [-0.4, -0.2) is 0 Å². The van der Waals surface area contributed by atoms with Crippen molar-refractivity contribution in [3.63, 3.8) is 0 Å². The molecular weight excluding hydrogens is 311 g/mol. The number of ether oxygens (including phenoxy) is 1. The summed E-state index contributed by atoms with van der Waals surface area (Å²) >= 11 is 2.33. The molecule has 2 heteroatoms. The molecule has 0 radical (unpaired) electrons. The fourth-order valence-corrected chi connectivity index (χ4v) is 1.78. The third-order valence-electron chi connectivity index (χ3n) is 2.38. The highest BCUT2D eigenvalue weighted by atomic mass is 127. The first-order chi connectivity index (χ1) is 7.75. The Kier molecular flexibility index (Phi) is 3.83. The van der Waals surface area contributed by atoms with Crippen LogP contribution in [0.1, 0.15) is 11.1 Å². The van der Waals surface area contributed by atoms with E-state index in [1.165, 1.54) is 14.7 Å². The summed E-state index contributed by atoms with van der Waals surface area (Å²) in [4.78, 5) is 0. The van der Waals surface area contributed by atoms with Crippen molar-refractivity contribution in [3.8, 4) is 5.75 Å². The second-order valence-electron chi connectivity index (χ2n) is 3.69. The van der Waals surface area contributed by atoms with Crippen LogP contribution in [0.2, 0.25) is 0 Å². The highest BCUT2D eigenvalue weighted by molar-refractivity contribution is 14.1. The van der Waals surface area contributed by atoms with Crippen molar-refractivity contribution in [1.82, 2.24) is 0 Å². The number of aryl methyl sites for hydroxylation is 1. The normalized spacial score (nSPS) is 10.1. The Morgan fingerprint density at radius 1 is 1.06 bits per heavy atom. The lowest BCUT2D eigenvalue weighted by molar-refractivity contribution is 0.306. The summed E-state index contributed by atoms with van der Waals surface area (Å²) in [5.41, 5.74) is 2.45. The van der Waals surface area contributed by atoms with Gasteiger partial charge in [0.2, 0.25) is 0 Å². The van der Waals surface area contributed by atoms with Crippen LogP contribution in [-0.2, 0) is 6.61 Å². The van der Waals surface area contributed by atoms with E-state index in [2.05, 4.69) is 53.8 Å². The van der Waals surface area contributed by atoms with Crippen LogP contribution in [0.5, 0.6) is 5.75 Å². The van der Waals surface area contributed by atoms with E-state index in [4.69, 9.17) is 4.74 Å². The number of benzene rings is 2. The molecule has 0 saturated heterocycles. The molecular formula is C14H13IO. The molecule has 0 heterocycles. The molecule has 0 aliphatic carbocycles. The quantitative estimate of drug-likeness (QED) is 0.770. The Morgan fingerprint density at radius 3 is 2.50 bits per heavy atom. The third-order valence-corrected chi connectivity index (χ3v) is 3.59. The average molecular weight is 324 g/mol. The van der Waals surface area contributed by atoms with Crippen LogP contribution in [0.4, 0.5) is 0 Å². The van der Waals surface area contributed by atoms with Crippen LogP contribution >= 0.6 is 22.6 Å². The maximum Gasteiger partial charge on any atom is 0.120 e. The Hall–Kier alpha value is -1.03. The molecule has 0 amide bonds. The predicted molar refractivity (Wildman–Crippen MR) is 74.7 cm³/mol. The van der Waals surface area contributed by atoms with Gasteiger partial charge in [0, 0.05) is 3.57 Å². The molecule has 0 N–H and O–H groups in total. The van der Waals surface area contributed by atoms with Gasteiger partial charge in [0.1, 0.15) is 12.4 Å². The first-order valence-electron chi connectivity index (χ1n) is 5.18. The second-order valence-corrected chi connectivity index (χ2v) is 4.85. The van der Waals surface area contributed by atoms with E-state index < -0.39 is 0 Å². The highest BCUT2D eigenvalue weighted by Crippen LogP contribution is 2.19. The lowest BCUT2D eigenvalue weighted by atomic mass is 10.2. The van der Waals surface area contributed by atoms with Gasteiger partial charge in [-0.15, -0.1) is 0 Å². The third kappa shape index (κ3) is 2.98. The zero-order valence-electron chi connectivity index (χ0n) is 9.11. The van der Waals surface area contributed by atoms with Crippen LogP contribution < -0.4 is 4.74 Å². The van der Waals surface area contributed by atoms with Crippen LogP contribution in [0.25, 0.3) is 0 Å². The monoisotopic (exact) mass is 324 g/mol. The molecule has 0 saturated carbocycles. The van der Waals surface area contributed by atoms with E-state index in [1.807, 2.05) is 24.3 Å². The minimum absolute atomic E-state index is 0.626. The van der Waals surface area contributed by atoms with Crippen molar-refractivity contribution in [2.45, 2.75) is 13.5 Å². The molecule has 0 aromatic heterocycles. The molecule has 0 unspecified atom stereocenters. The summed E-state index contributed by atoms with van der Waals surface area (Å²) in [5.74, 6) is 0.932. The fourth-order valence-electron chi connectivity index (χ4n) is 1.45. The van der Waals surface area contributed by atoms with E-state index in [0.717, 1.165) is 5.75 Å². The van der Waals surface area contributed by atoms with Gasteiger partial charge in [-0.2, -0.15) is 0 Å². The van der Waals surface area contributed by atoms with Crippen molar-refractivity contribution in [1.29, 1.82) is 0 Å². The van der Waals surface area contributed by atoms with Gasteiger partial charge in [0.25, 0.3) is 0 Å². The van der Waals surface area contributed by atoms with E-state index in [0.29, 0.717) is 6.61 Å². The topological polar surface area (TPSA) is 9.23 Å². The largest absolute Gasteiger partial charge is 0.489 e. The molecule has 16 heavy (non-hydrogen) atoms. The molecule has 82 valence electrons. The number of hydrogen-bond donors (Lipinski definition) is 0. The molecule has 2 aromatic carbocycles. The SMILES string of the molecule is Cc1cc(OCc2ccccc2)ccc1I. The van der Waals surface area contributed by atoms with Crippen LogP contribution in [0.15, 0.2) is 48.5 Å². The molecule has 2 aromatic rings. The lowest BCUT2D eigenvalue weighted by Crippen LogP contribution is -1.95. The van der Waals surface area contributed by atoms with Crippen LogP contribution in [0, 0.1) is 10.5 Å². The first kappa shape index (κ1) is 11.5. The number of hydrogen-bond acceptors (Lipinski definition) is 1. The van der Waals surface area contributed by atoms with Crippen molar-refractivity contribution in [2.24, 2.45) is 0 Å². The molecule has 0 aliphatic rings. The van der Waals surface area contributed by atoms with E-state index in [9.17, 15) is 0 Å². The standard InChI is InChI=1S/C14H13IO/c1-11-9-13(7-8-14(11)15)16-10-12-5-3-2-4-6-12/h2-9H,10H2,1H3. The van der Waals surface area contributed by atoms with Gasteiger partial charge in [0.15, 0.2) is 0 Å². The zero-order chi connectivity index (χ0) is 11.4. The van der Waals surface area contributed by atoms with Gasteiger partial charge in [0.05, 0.1) is 0 Å². The summed E-state index contributed by atoms with van der Waals surface area (Å²) in [7, 11) is 0. The average Bonchev–Trinajstić information content (AvgIpc) is 2.32. The Bertz CT molecular complexity index is 465. The molecule has 0 spiro atoms. The summed E-state index contributed by atoms with van der Waals surface area (Å²) in [6.45, 7) is 2.72. The molecule has 0 aliphatic heterocycles.